The number of hydrogen-bond donors (Lipinski definition) is 1. The first-order valence-corrected chi connectivity index (χ1v) is 9.94. The van der Waals surface area contributed by atoms with Gasteiger partial charge in [-0.15, -0.1) is 0 Å². The van der Waals surface area contributed by atoms with Gasteiger partial charge in [0.1, 0.15) is 0 Å². The fraction of sp³-hybridized carbons (Fsp3) is 0.300. The van der Waals surface area contributed by atoms with Gasteiger partial charge in [-0.25, -0.2) is 0 Å². The fourth-order valence-electron chi connectivity index (χ4n) is 2.60. The van der Waals surface area contributed by atoms with Crippen LogP contribution in [-0.4, -0.2) is 11.2 Å². The summed E-state index contributed by atoms with van der Waals surface area (Å²) in [4.78, 5) is 0. The Morgan fingerprint density at radius 3 is 1.96 bits per heavy atom. The van der Waals surface area contributed by atoms with Crippen molar-refractivity contribution in [1.29, 1.82) is 0 Å². The third-order valence-corrected chi connectivity index (χ3v) is 6.92. The van der Waals surface area contributed by atoms with Gasteiger partial charge in [0.2, 0.25) is 0 Å². The van der Waals surface area contributed by atoms with E-state index < -0.39 is 13.2 Å². The molecule has 2 nitrogen and oxygen atoms in total. The van der Waals surface area contributed by atoms with Crippen molar-refractivity contribution in [3.8, 4) is 0 Å². The van der Waals surface area contributed by atoms with Crippen LogP contribution in [0, 0.1) is 0 Å². The molecule has 122 valence electrons. The average Bonchev–Trinajstić information content (AvgIpc) is 2.61. The summed E-state index contributed by atoms with van der Waals surface area (Å²) >= 11 is 0. The lowest BCUT2D eigenvalue weighted by atomic mass is 10.1. The minimum atomic E-state index is -2.89. The highest BCUT2D eigenvalue weighted by Crippen LogP contribution is 2.46. The lowest BCUT2D eigenvalue weighted by Gasteiger charge is -2.19. The number of hydrogen-bond acceptors (Lipinski definition) is 2. The van der Waals surface area contributed by atoms with Crippen LogP contribution in [0.3, 0.4) is 0 Å². The number of aliphatic hydroxyl groups excluding tert-OH is 1. The van der Waals surface area contributed by atoms with Crippen molar-refractivity contribution in [3.05, 3.63) is 72.1 Å². The first-order valence-electron chi connectivity index (χ1n) is 8.16. The van der Waals surface area contributed by atoms with Crippen molar-refractivity contribution in [2.24, 2.45) is 0 Å². The maximum atomic E-state index is 13.8. The third kappa shape index (κ3) is 4.43. The van der Waals surface area contributed by atoms with Gasteiger partial charge in [-0.2, -0.15) is 0 Å². The molecule has 1 N–H and O–H groups in total. The van der Waals surface area contributed by atoms with Crippen molar-refractivity contribution in [2.45, 2.75) is 39.2 Å². The van der Waals surface area contributed by atoms with Gasteiger partial charge in [-0.1, -0.05) is 80.4 Å². The van der Waals surface area contributed by atoms with Crippen molar-refractivity contribution < 1.29 is 9.67 Å². The van der Waals surface area contributed by atoms with Crippen LogP contribution in [0.2, 0.25) is 0 Å². The quantitative estimate of drug-likeness (QED) is 0.762. The zero-order valence-electron chi connectivity index (χ0n) is 13.9. The largest absolute Gasteiger partial charge is 0.389 e. The second kappa shape index (κ2) is 8.29. The van der Waals surface area contributed by atoms with E-state index in [0.717, 1.165) is 29.0 Å². The summed E-state index contributed by atoms with van der Waals surface area (Å²) in [5.41, 5.74) is 0.787. The summed E-state index contributed by atoms with van der Waals surface area (Å²) in [7, 11) is -2.89. The maximum absolute atomic E-state index is 13.8. The molecule has 0 radical (unpaired) electrons. The average molecular weight is 328 g/mol. The maximum Gasteiger partial charge on any atom is 0.164 e. The summed E-state index contributed by atoms with van der Waals surface area (Å²) in [6.07, 6.45) is 2.19. The smallest absolute Gasteiger partial charge is 0.164 e. The topological polar surface area (TPSA) is 37.3 Å². The van der Waals surface area contributed by atoms with E-state index in [1.54, 1.807) is 5.82 Å². The first kappa shape index (κ1) is 17.7. The lowest BCUT2D eigenvalue weighted by molar-refractivity contribution is 0.197. The number of benzene rings is 2. The molecule has 0 aliphatic carbocycles. The van der Waals surface area contributed by atoms with Crippen LogP contribution in [0.5, 0.6) is 0 Å². The Morgan fingerprint density at radius 1 is 1.04 bits per heavy atom. The number of unbranched alkanes of at least 4 members (excludes halogenated alkanes) is 1. The molecule has 1 atom stereocenters. The highest BCUT2D eigenvalue weighted by atomic mass is 31.2. The molecule has 0 bridgehead atoms. The Morgan fingerprint density at radius 2 is 1.52 bits per heavy atom. The van der Waals surface area contributed by atoms with Gasteiger partial charge in [-0.05, 0) is 24.7 Å². The van der Waals surface area contributed by atoms with Crippen molar-refractivity contribution in [3.63, 3.8) is 0 Å². The molecule has 0 saturated heterocycles. The second-order valence-electron chi connectivity index (χ2n) is 5.86. The molecule has 0 heterocycles. The molecular formula is C20H25O2P. The molecule has 0 spiro atoms. The molecule has 0 saturated carbocycles. The van der Waals surface area contributed by atoms with E-state index in [1.165, 1.54) is 0 Å². The number of rotatable bonds is 7. The predicted molar refractivity (Wildman–Crippen MR) is 99.0 cm³/mol. The number of aliphatic hydroxyl groups is 1. The first-order chi connectivity index (χ1) is 11.1. The van der Waals surface area contributed by atoms with Gasteiger partial charge in [0.05, 0.1) is 6.10 Å². The van der Waals surface area contributed by atoms with Crippen molar-refractivity contribution in [1.82, 2.24) is 0 Å². The van der Waals surface area contributed by atoms with Crippen LogP contribution in [-0.2, 0) is 4.57 Å². The highest BCUT2D eigenvalue weighted by Gasteiger charge is 2.25. The van der Waals surface area contributed by atoms with Gasteiger partial charge in [0.15, 0.2) is 7.14 Å². The molecule has 23 heavy (non-hydrogen) atoms. The molecule has 0 amide bonds. The van der Waals surface area contributed by atoms with E-state index >= 15 is 0 Å². The zero-order chi connectivity index (χ0) is 16.7. The molecule has 0 aliphatic rings. The molecule has 3 heteroatoms. The molecule has 0 aliphatic heterocycles. The Kier molecular flexibility index (Phi) is 6.38. The van der Waals surface area contributed by atoms with Crippen LogP contribution in [0.25, 0.3) is 0 Å². The monoisotopic (exact) mass is 328 g/mol. The Bertz CT molecular complexity index is 634. The Balaban J connectivity index is 2.45. The summed E-state index contributed by atoms with van der Waals surface area (Å²) in [5.74, 6) is 1.79. The third-order valence-electron chi connectivity index (χ3n) is 4.02. The van der Waals surface area contributed by atoms with Gasteiger partial charge in [0.25, 0.3) is 0 Å². The highest BCUT2D eigenvalue weighted by molar-refractivity contribution is 7.81. The van der Waals surface area contributed by atoms with Crippen LogP contribution in [0.15, 0.2) is 72.1 Å². The normalized spacial score (nSPS) is 13.8. The van der Waals surface area contributed by atoms with Gasteiger partial charge in [0, 0.05) is 10.6 Å². The minimum absolute atomic E-state index is 0.532. The molecule has 2 aromatic carbocycles. The fourth-order valence-corrected chi connectivity index (χ4v) is 5.17. The summed E-state index contributed by atoms with van der Waals surface area (Å²) < 4.78 is 13.8. The van der Waals surface area contributed by atoms with E-state index in [2.05, 4.69) is 6.92 Å². The van der Waals surface area contributed by atoms with Gasteiger partial charge >= 0.3 is 0 Å². The molecule has 0 fully saturated rings. The SMILES string of the molecule is CCCC[C@@H](O)/C(C)=C\P(=O)(c1ccccc1)c1ccccc1. The second-order valence-corrected chi connectivity index (χ2v) is 8.47. The van der Waals surface area contributed by atoms with Crippen LogP contribution in [0.1, 0.15) is 33.1 Å². The lowest BCUT2D eigenvalue weighted by Crippen LogP contribution is -2.16. The van der Waals surface area contributed by atoms with Gasteiger partial charge < -0.3 is 9.67 Å². The molecule has 2 rings (SSSR count). The summed E-state index contributed by atoms with van der Waals surface area (Å²) in [6.45, 7) is 3.98. The standard InChI is InChI=1S/C20H25O2P/c1-3-4-15-20(21)17(2)16-23(22,18-11-7-5-8-12-18)19-13-9-6-10-14-19/h5-14,16,20-21H,3-4,15H2,1-2H3/b17-16-/t20-/m1/s1. The van der Waals surface area contributed by atoms with E-state index in [9.17, 15) is 9.67 Å². The van der Waals surface area contributed by atoms with E-state index in [-0.39, 0.29) is 0 Å². The molecule has 2 aromatic rings. The van der Waals surface area contributed by atoms with Crippen molar-refractivity contribution >= 4 is 17.8 Å². The predicted octanol–water partition coefficient (Wildman–Crippen LogP) is 4.46. The van der Waals surface area contributed by atoms with Crippen LogP contribution < -0.4 is 10.6 Å². The van der Waals surface area contributed by atoms with Crippen LogP contribution >= 0.6 is 7.14 Å². The zero-order valence-corrected chi connectivity index (χ0v) is 14.7. The summed E-state index contributed by atoms with van der Waals surface area (Å²) in [6, 6.07) is 19.1. The summed E-state index contributed by atoms with van der Waals surface area (Å²) in [5, 5.41) is 11.9. The van der Waals surface area contributed by atoms with Gasteiger partial charge in [-0.3, -0.25) is 0 Å². The van der Waals surface area contributed by atoms with Crippen molar-refractivity contribution in [2.75, 3.05) is 0 Å². The molecular weight excluding hydrogens is 303 g/mol. The van der Waals surface area contributed by atoms with Crippen LogP contribution in [0.4, 0.5) is 0 Å². The Labute approximate surface area is 139 Å². The van der Waals surface area contributed by atoms with E-state index in [0.29, 0.717) is 6.42 Å². The Hall–Kier alpha value is -1.63. The van der Waals surface area contributed by atoms with E-state index in [4.69, 9.17) is 0 Å². The minimum Gasteiger partial charge on any atom is -0.389 e. The van der Waals surface area contributed by atoms with E-state index in [1.807, 2.05) is 67.6 Å². The molecule has 0 aromatic heterocycles. The molecule has 0 unspecified atom stereocenters.